The predicted molar refractivity (Wildman–Crippen MR) is 125 cm³/mol. The van der Waals surface area contributed by atoms with Crippen molar-refractivity contribution in [3.8, 4) is 17.0 Å². The van der Waals surface area contributed by atoms with Crippen molar-refractivity contribution in [2.45, 2.75) is 17.7 Å². The highest BCUT2D eigenvalue weighted by Crippen LogP contribution is 2.32. The molecule has 0 aliphatic rings. The molecule has 0 aliphatic heterocycles. The number of hydrogen-bond donors (Lipinski definition) is 3. The normalized spacial score (nSPS) is 11.4. The van der Waals surface area contributed by atoms with Crippen LogP contribution in [0.1, 0.15) is 12.0 Å². The molecule has 1 aromatic heterocycles. The van der Waals surface area contributed by atoms with Crippen molar-refractivity contribution < 1.29 is 17.9 Å². The number of aryl methyl sites for hydroxylation is 1. The number of anilines is 1. The molecule has 0 bridgehead atoms. The molecule has 0 aliphatic carbocycles. The lowest BCUT2D eigenvalue weighted by molar-refractivity contribution is -0.116. The number of primary sulfonamides is 1. The zero-order valence-corrected chi connectivity index (χ0v) is 18.3. The first kappa shape index (κ1) is 21.6. The summed E-state index contributed by atoms with van der Waals surface area (Å²) in [7, 11) is -2.21. The Morgan fingerprint density at radius 1 is 1.03 bits per heavy atom. The molecule has 0 saturated heterocycles. The Bertz CT molecular complexity index is 1380. The standard InChI is InChI=1S/C24H23N3O4S/c1-31-18-11-9-16(10-12-18)24-21(20-7-2-3-8-22(20)27-24)13-14-23(28)26-17-5-4-6-19(15-17)32(25,29)30/h2-12,15,27H,13-14H2,1H3,(H,26,28)(H2,25,29,30). The number of aromatic amines is 1. The van der Waals surface area contributed by atoms with Crippen LogP contribution >= 0.6 is 0 Å². The Morgan fingerprint density at radius 3 is 2.50 bits per heavy atom. The fraction of sp³-hybridized carbons (Fsp3) is 0.125. The molecule has 3 aromatic carbocycles. The van der Waals surface area contributed by atoms with E-state index in [4.69, 9.17) is 9.88 Å². The third-order valence-electron chi connectivity index (χ3n) is 5.24. The number of fused-ring (bicyclic) bond motifs is 1. The molecule has 4 rings (SSSR count). The molecular formula is C24H23N3O4S. The van der Waals surface area contributed by atoms with Crippen LogP contribution < -0.4 is 15.2 Å². The zero-order chi connectivity index (χ0) is 22.7. The number of nitrogens with one attached hydrogen (secondary N) is 2. The molecule has 1 heterocycles. The van der Waals surface area contributed by atoms with Gasteiger partial charge in [0.2, 0.25) is 15.9 Å². The first-order chi connectivity index (χ1) is 15.3. The van der Waals surface area contributed by atoms with E-state index in [1.807, 2.05) is 48.5 Å². The lowest BCUT2D eigenvalue weighted by atomic mass is 10.0. The first-order valence-electron chi connectivity index (χ1n) is 10.0. The van der Waals surface area contributed by atoms with Crippen molar-refractivity contribution in [1.29, 1.82) is 0 Å². The summed E-state index contributed by atoms with van der Waals surface area (Å²) in [5.41, 5.74) is 4.38. The Kier molecular flexibility index (Phi) is 5.98. The summed E-state index contributed by atoms with van der Waals surface area (Å²) in [5, 5.41) is 8.98. The number of methoxy groups -OCH3 is 1. The number of benzene rings is 3. The molecule has 1 amide bonds. The van der Waals surface area contributed by atoms with Gasteiger partial charge in [0.05, 0.1) is 12.0 Å². The number of ether oxygens (including phenoxy) is 1. The number of sulfonamides is 1. The van der Waals surface area contributed by atoms with Gasteiger partial charge >= 0.3 is 0 Å². The van der Waals surface area contributed by atoms with E-state index >= 15 is 0 Å². The van der Waals surface area contributed by atoms with Crippen LogP contribution in [0.15, 0.2) is 77.7 Å². The predicted octanol–water partition coefficient (Wildman–Crippen LogP) is 4.06. The van der Waals surface area contributed by atoms with Crippen molar-refractivity contribution in [3.05, 3.63) is 78.4 Å². The smallest absolute Gasteiger partial charge is 0.238 e. The zero-order valence-electron chi connectivity index (χ0n) is 17.5. The van der Waals surface area contributed by atoms with E-state index in [-0.39, 0.29) is 17.2 Å². The Labute approximate surface area is 186 Å². The van der Waals surface area contributed by atoms with E-state index in [0.29, 0.717) is 12.1 Å². The van der Waals surface area contributed by atoms with E-state index in [9.17, 15) is 13.2 Å². The largest absolute Gasteiger partial charge is 0.497 e. The summed E-state index contributed by atoms with van der Waals surface area (Å²) in [5.74, 6) is 0.551. The summed E-state index contributed by atoms with van der Waals surface area (Å²) in [6.45, 7) is 0. The maximum absolute atomic E-state index is 12.6. The van der Waals surface area contributed by atoms with Crippen molar-refractivity contribution in [2.75, 3.05) is 12.4 Å². The quantitative estimate of drug-likeness (QED) is 0.395. The Hall–Kier alpha value is -3.62. The van der Waals surface area contributed by atoms with E-state index in [0.717, 1.165) is 33.5 Å². The van der Waals surface area contributed by atoms with Crippen LogP contribution in [0, 0.1) is 0 Å². The van der Waals surface area contributed by atoms with Gasteiger partial charge < -0.3 is 15.0 Å². The topological polar surface area (TPSA) is 114 Å². The van der Waals surface area contributed by atoms with Gasteiger partial charge in [-0.3, -0.25) is 4.79 Å². The minimum Gasteiger partial charge on any atom is -0.497 e. The number of para-hydroxylation sites is 1. The fourth-order valence-electron chi connectivity index (χ4n) is 3.68. The second kappa shape index (κ2) is 8.86. The van der Waals surface area contributed by atoms with Crippen LogP contribution in [0.5, 0.6) is 5.75 Å². The molecule has 0 atom stereocenters. The van der Waals surface area contributed by atoms with Gasteiger partial charge in [-0.05, 0) is 66.1 Å². The summed E-state index contributed by atoms with van der Waals surface area (Å²) < 4.78 is 28.3. The summed E-state index contributed by atoms with van der Waals surface area (Å²) >= 11 is 0. The number of rotatable bonds is 7. The average Bonchev–Trinajstić information content (AvgIpc) is 3.16. The third kappa shape index (κ3) is 4.66. The molecular weight excluding hydrogens is 426 g/mol. The van der Waals surface area contributed by atoms with Crippen molar-refractivity contribution in [2.24, 2.45) is 5.14 Å². The fourth-order valence-corrected chi connectivity index (χ4v) is 4.24. The first-order valence-corrected chi connectivity index (χ1v) is 11.6. The number of carbonyl (C=O) groups is 1. The summed E-state index contributed by atoms with van der Waals surface area (Å²) in [4.78, 5) is 16.0. The molecule has 0 radical (unpaired) electrons. The second-order valence-corrected chi connectivity index (χ2v) is 8.94. The van der Waals surface area contributed by atoms with Gasteiger partial charge in [0, 0.05) is 28.7 Å². The van der Waals surface area contributed by atoms with Gasteiger partial charge in [0.1, 0.15) is 5.75 Å². The third-order valence-corrected chi connectivity index (χ3v) is 6.15. The summed E-state index contributed by atoms with van der Waals surface area (Å²) in [6, 6.07) is 21.6. The van der Waals surface area contributed by atoms with Gasteiger partial charge in [-0.2, -0.15) is 0 Å². The molecule has 7 nitrogen and oxygen atoms in total. The van der Waals surface area contributed by atoms with E-state index in [2.05, 4.69) is 10.3 Å². The molecule has 164 valence electrons. The highest BCUT2D eigenvalue weighted by molar-refractivity contribution is 7.89. The van der Waals surface area contributed by atoms with Gasteiger partial charge in [-0.1, -0.05) is 24.3 Å². The number of aromatic nitrogens is 1. The van der Waals surface area contributed by atoms with Crippen molar-refractivity contribution >= 4 is 32.5 Å². The van der Waals surface area contributed by atoms with Crippen LogP contribution in [0.25, 0.3) is 22.2 Å². The minimum atomic E-state index is -3.84. The molecule has 8 heteroatoms. The summed E-state index contributed by atoms with van der Waals surface area (Å²) in [6.07, 6.45) is 0.733. The van der Waals surface area contributed by atoms with E-state index in [1.54, 1.807) is 13.2 Å². The van der Waals surface area contributed by atoms with Crippen LogP contribution in [0.3, 0.4) is 0 Å². The monoisotopic (exact) mass is 449 g/mol. The number of amides is 1. The van der Waals surface area contributed by atoms with Crippen molar-refractivity contribution in [3.63, 3.8) is 0 Å². The van der Waals surface area contributed by atoms with E-state index in [1.165, 1.54) is 18.2 Å². The molecule has 0 unspecified atom stereocenters. The second-order valence-electron chi connectivity index (χ2n) is 7.37. The van der Waals surface area contributed by atoms with Gasteiger partial charge in [0.25, 0.3) is 0 Å². The maximum Gasteiger partial charge on any atom is 0.238 e. The Balaban J connectivity index is 1.57. The van der Waals surface area contributed by atoms with Gasteiger partial charge in [0.15, 0.2) is 0 Å². The Morgan fingerprint density at radius 2 is 1.78 bits per heavy atom. The minimum absolute atomic E-state index is 0.0475. The van der Waals surface area contributed by atoms with Crippen LogP contribution in [0.2, 0.25) is 0 Å². The molecule has 32 heavy (non-hydrogen) atoms. The average molecular weight is 450 g/mol. The number of carbonyl (C=O) groups excluding carboxylic acids is 1. The SMILES string of the molecule is COc1ccc(-c2[nH]c3ccccc3c2CCC(=O)Nc2cccc(S(N)(=O)=O)c2)cc1. The molecule has 0 spiro atoms. The number of hydrogen-bond acceptors (Lipinski definition) is 4. The highest BCUT2D eigenvalue weighted by atomic mass is 32.2. The number of H-pyrrole nitrogens is 1. The van der Waals surface area contributed by atoms with Gasteiger partial charge in [-0.15, -0.1) is 0 Å². The lowest BCUT2D eigenvalue weighted by Gasteiger charge is -2.09. The molecule has 4 N–H and O–H groups in total. The van der Waals surface area contributed by atoms with Gasteiger partial charge in [-0.25, -0.2) is 13.6 Å². The van der Waals surface area contributed by atoms with Crippen LogP contribution in [-0.2, 0) is 21.2 Å². The van der Waals surface area contributed by atoms with E-state index < -0.39 is 10.0 Å². The lowest BCUT2D eigenvalue weighted by Crippen LogP contribution is -2.15. The maximum atomic E-state index is 12.6. The highest BCUT2D eigenvalue weighted by Gasteiger charge is 2.15. The molecule has 0 saturated carbocycles. The number of nitrogens with two attached hydrogens (primary N) is 1. The van der Waals surface area contributed by atoms with Crippen LogP contribution in [0.4, 0.5) is 5.69 Å². The van der Waals surface area contributed by atoms with Crippen LogP contribution in [-0.4, -0.2) is 26.4 Å². The van der Waals surface area contributed by atoms with Crippen molar-refractivity contribution in [1.82, 2.24) is 4.98 Å². The molecule has 0 fully saturated rings. The molecule has 4 aromatic rings.